The van der Waals surface area contributed by atoms with Gasteiger partial charge >= 0.3 is 0 Å². The SMILES string of the molecule is COc1ccc(CCCCCC(=O)NC2CCCC2CN)cc1. The topological polar surface area (TPSA) is 64.3 Å². The smallest absolute Gasteiger partial charge is 0.220 e. The molecule has 1 aromatic rings. The molecule has 1 aliphatic carbocycles. The first-order valence-electron chi connectivity index (χ1n) is 8.85. The molecule has 1 aromatic carbocycles. The van der Waals surface area contributed by atoms with Gasteiger partial charge in [0.05, 0.1) is 7.11 Å². The molecular weight excluding hydrogens is 288 g/mol. The minimum absolute atomic E-state index is 0.194. The second-order valence-electron chi connectivity index (χ2n) is 6.51. The van der Waals surface area contributed by atoms with E-state index < -0.39 is 0 Å². The molecule has 0 heterocycles. The molecule has 2 unspecified atom stereocenters. The molecule has 1 amide bonds. The molecule has 0 aromatic heterocycles. The Bertz CT molecular complexity index is 473. The van der Waals surface area contributed by atoms with Crippen LogP contribution in [0, 0.1) is 5.92 Å². The van der Waals surface area contributed by atoms with Crippen LogP contribution in [0.3, 0.4) is 0 Å². The summed E-state index contributed by atoms with van der Waals surface area (Å²) in [6.07, 6.45) is 8.30. The van der Waals surface area contributed by atoms with Crippen LogP contribution in [-0.4, -0.2) is 25.6 Å². The van der Waals surface area contributed by atoms with E-state index in [2.05, 4.69) is 17.4 Å². The number of carbonyl (C=O) groups is 1. The van der Waals surface area contributed by atoms with Gasteiger partial charge in [-0.2, -0.15) is 0 Å². The molecule has 0 bridgehead atoms. The highest BCUT2D eigenvalue weighted by Crippen LogP contribution is 2.24. The number of nitrogens with two attached hydrogens (primary N) is 1. The van der Waals surface area contributed by atoms with E-state index in [1.165, 1.54) is 12.0 Å². The fraction of sp³-hybridized carbons (Fsp3) is 0.632. The van der Waals surface area contributed by atoms with Crippen LogP contribution < -0.4 is 15.8 Å². The first kappa shape index (κ1) is 17.8. The van der Waals surface area contributed by atoms with Crippen molar-refractivity contribution < 1.29 is 9.53 Å². The zero-order valence-electron chi connectivity index (χ0n) is 14.2. The average molecular weight is 318 g/mol. The summed E-state index contributed by atoms with van der Waals surface area (Å²) in [5, 5.41) is 3.17. The van der Waals surface area contributed by atoms with Crippen LogP contribution in [0.5, 0.6) is 5.75 Å². The van der Waals surface area contributed by atoms with Gasteiger partial charge in [-0.25, -0.2) is 0 Å². The van der Waals surface area contributed by atoms with Crippen molar-refractivity contribution in [2.24, 2.45) is 11.7 Å². The van der Waals surface area contributed by atoms with E-state index in [-0.39, 0.29) is 5.91 Å². The molecule has 3 N–H and O–H groups in total. The Morgan fingerprint density at radius 3 is 2.70 bits per heavy atom. The van der Waals surface area contributed by atoms with Gasteiger partial charge in [0, 0.05) is 12.5 Å². The number of rotatable bonds is 9. The maximum atomic E-state index is 12.0. The minimum Gasteiger partial charge on any atom is -0.497 e. The lowest BCUT2D eigenvalue weighted by Crippen LogP contribution is -2.39. The number of aryl methyl sites for hydroxylation is 1. The molecule has 4 heteroatoms. The van der Waals surface area contributed by atoms with Crippen molar-refractivity contribution in [3.05, 3.63) is 29.8 Å². The van der Waals surface area contributed by atoms with Gasteiger partial charge in [-0.05, 0) is 62.3 Å². The summed E-state index contributed by atoms with van der Waals surface area (Å²) in [4.78, 5) is 12.0. The Morgan fingerprint density at radius 2 is 2.00 bits per heavy atom. The molecular formula is C19H30N2O2. The molecule has 0 radical (unpaired) electrons. The van der Waals surface area contributed by atoms with Gasteiger partial charge in [0.25, 0.3) is 0 Å². The summed E-state index contributed by atoms with van der Waals surface area (Å²) in [7, 11) is 1.68. The highest BCUT2D eigenvalue weighted by molar-refractivity contribution is 5.76. The molecule has 2 rings (SSSR count). The molecule has 1 fully saturated rings. The summed E-state index contributed by atoms with van der Waals surface area (Å²) < 4.78 is 5.16. The molecule has 4 nitrogen and oxygen atoms in total. The largest absolute Gasteiger partial charge is 0.497 e. The number of benzene rings is 1. The lowest BCUT2D eigenvalue weighted by molar-refractivity contribution is -0.122. The molecule has 128 valence electrons. The van der Waals surface area contributed by atoms with Gasteiger partial charge in [-0.15, -0.1) is 0 Å². The van der Waals surface area contributed by atoms with E-state index in [1.54, 1.807) is 7.11 Å². The Balaban J connectivity index is 1.56. The van der Waals surface area contributed by atoms with E-state index in [0.717, 1.165) is 44.3 Å². The Hall–Kier alpha value is -1.55. The van der Waals surface area contributed by atoms with Crippen molar-refractivity contribution in [2.45, 2.75) is 57.4 Å². The third kappa shape index (κ3) is 5.87. The van der Waals surface area contributed by atoms with Crippen molar-refractivity contribution >= 4 is 5.91 Å². The van der Waals surface area contributed by atoms with Crippen molar-refractivity contribution in [2.75, 3.05) is 13.7 Å². The van der Waals surface area contributed by atoms with E-state index in [1.807, 2.05) is 12.1 Å². The number of unbranched alkanes of at least 4 members (excludes halogenated alkanes) is 2. The average Bonchev–Trinajstić information content (AvgIpc) is 3.02. The fourth-order valence-electron chi connectivity index (χ4n) is 3.37. The molecule has 23 heavy (non-hydrogen) atoms. The number of nitrogens with one attached hydrogen (secondary N) is 1. The summed E-state index contributed by atoms with van der Waals surface area (Å²) in [5.41, 5.74) is 7.08. The van der Waals surface area contributed by atoms with Crippen molar-refractivity contribution in [1.29, 1.82) is 0 Å². The van der Waals surface area contributed by atoms with Crippen molar-refractivity contribution in [1.82, 2.24) is 5.32 Å². The van der Waals surface area contributed by atoms with Crippen LogP contribution in [0.1, 0.15) is 50.5 Å². The number of carbonyl (C=O) groups excluding carboxylic acids is 1. The summed E-state index contributed by atoms with van der Waals surface area (Å²) in [5.74, 6) is 1.57. The van der Waals surface area contributed by atoms with E-state index in [4.69, 9.17) is 10.5 Å². The van der Waals surface area contributed by atoms with Crippen molar-refractivity contribution in [3.8, 4) is 5.75 Å². The predicted molar refractivity (Wildman–Crippen MR) is 93.5 cm³/mol. The van der Waals surface area contributed by atoms with E-state index in [9.17, 15) is 4.79 Å². The lowest BCUT2D eigenvalue weighted by Gasteiger charge is -2.19. The van der Waals surface area contributed by atoms with Crippen molar-refractivity contribution in [3.63, 3.8) is 0 Å². The third-order valence-electron chi connectivity index (χ3n) is 4.84. The number of amides is 1. The summed E-state index contributed by atoms with van der Waals surface area (Å²) in [6.45, 7) is 0.687. The van der Waals surface area contributed by atoms with Crippen LogP contribution >= 0.6 is 0 Å². The maximum Gasteiger partial charge on any atom is 0.220 e. The van der Waals surface area contributed by atoms with Gasteiger partial charge < -0.3 is 15.8 Å². The second-order valence-corrected chi connectivity index (χ2v) is 6.51. The van der Waals surface area contributed by atoms with E-state index >= 15 is 0 Å². The van der Waals surface area contributed by atoms with Gasteiger partial charge in [0.2, 0.25) is 5.91 Å². The van der Waals surface area contributed by atoms with Gasteiger partial charge in [0.1, 0.15) is 5.75 Å². The van der Waals surface area contributed by atoms with Crippen LogP contribution in [0.25, 0.3) is 0 Å². The number of hydrogen-bond donors (Lipinski definition) is 2. The second kappa shape index (κ2) is 9.56. The monoisotopic (exact) mass is 318 g/mol. The lowest BCUT2D eigenvalue weighted by atomic mass is 10.0. The molecule has 1 aliphatic rings. The highest BCUT2D eigenvalue weighted by atomic mass is 16.5. The highest BCUT2D eigenvalue weighted by Gasteiger charge is 2.26. The zero-order valence-corrected chi connectivity index (χ0v) is 14.2. The van der Waals surface area contributed by atoms with Gasteiger partial charge in [0.15, 0.2) is 0 Å². The van der Waals surface area contributed by atoms with Crippen LogP contribution in [-0.2, 0) is 11.2 Å². The Kier molecular flexibility index (Phi) is 7.40. The zero-order chi connectivity index (χ0) is 16.5. The first-order chi connectivity index (χ1) is 11.2. The Labute approximate surface area is 139 Å². The fourth-order valence-corrected chi connectivity index (χ4v) is 3.37. The molecule has 0 spiro atoms. The van der Waals surface area contributed by atoms with Crippen LogP contribution in [0.15, 0.2) is 24.3 Å². The van der Waals surface area contributed by atoms with Crippen LogP contribution in [0.4, 0.5) is 0 Å². The van der Waals surface area contributed by atoms with Gasteiger partial charge in [-0.1, -0.05) is 25.0 Å². The van der Waals surface area contributed by atoms with Gasteiger partial charge in [-0.3, -0.25) is 4.79 Å². The number of methoxy groups -OCH3 is 1. The summed E-state index contributed by atoms with van der Waals surface area (Å²) in [6, 6.07) is 8.53. The number of hydrogen-bond acceptors (Lipinski definition) is 3. The normalized spacial score (nSPS) is 20.4. The minimum atomic E-state index is 0.194. The predicted octanol–water partition coefficient (Wildman–Crippen LogP) is 3.04. The number of ether oxygens (including phenoxy) is 1. The maximum absolute atomic E-state index is 12.0. The molecule has 0 saturated heterocycles. The van der Waals surface area contributed by atoms with E-state index in [0.29, 0.717) is 24.9 Å². The molecule has 1 saturated carbocycles. The summed E-state index contributed by atoms with van der Waals surface area (Å²) >= 11 is 0. The molecule has 0 aliphatic heterocycles. The molecule has 2 atom stereocenters. The first-order valence-corrected chi connectivity index (χ1v) is 8.85. The Morgan fingerprint density at radius 1 is 1.22 bits per heavy atom. The standard InChI is InChI=1S/C19H30N2O2/c1-23-17-12-10-15(11-13-17)6-3-2-4-9-19(22)21-18-8-5-7-16(18)14-20/h10-13,16,18H,2-9,14,20H2,1H3,(H,21,22). The third-order valence-corrected chi connectivity index (χ3v) is 4.84. The van der Waals surface area contributed by atoms with Crippen LogP contribution in [0.2, 0.25) is 0 Å². The quantitative estimate of drug-likeness (QED) is 0.688.